The van der Waals surface area contributed by atoms with Crippen molar-refractivity contribution >= 4 is 11.8 Å². The highest BCUT2D eigenvalue weighted by atomic mass is 32.2. The third kappa shape index (κ3) is 3.38. The van der Waals surface area contributed by atoms with Gasteiger partial charge in [-0.05, 0) is 42.8 Å². The summed E-state index contributed by atoms with van der Waals surface area (Å²) in [5.74, 6) is 0.839. The van der Waals surface area contributed by atoms with E-state index in [-0.39, 0.29) is 5.25 Å². The maximum Gasteiger partial charge on any atom is 0.284 e. The van der Waals surface area contributed by atoms with Crippen LogP contribution in [0.1, 0.15) is 11.1 Å². The molecule has 1 atom stereocenters. The summed E-state index contributed by atoms with van der Waals surface area (Å²) in [6.07, 6.45) is 2.17. The number of furan rings is 1. The van der Waals surface area contributed by atoms with Crippen molar-refractivity contribution in [2.24, 2.45) is 0 Å². The highest BCUT2D eigenvalue weighted by Gasteiger charge is 2.17. The van der Waals surface area contributed by atoms with E-state index in [1.165, 1.54) is 17.3 Å². The van der Waals surface area contributed by atoms with E-state index >= 15 is 0 Å². The molecule has 0 bridgehead atoms. The van der Waals surface area contributed by atoms with E-state index in [1.54, 1.807) is 18.4 Å². The Morgan fingerprint density at radius 2 is 2.05 bits per heavy atom. The molecule has 5 nitrogen and oxygen atoms in total. The molecule has 0 aliphatic heterocycles. The third-order valence-electron chi connectivity index (χ3n) is 3.07. The monoisotopic (exact) mass is 311 g/mol. The minimum atomic E-state index is -0.285. The van der Waals surface area contributed by atoms with Gasteiger partial charge >= 0.3 is 0 Å². The fourth-order valence-electron chi connectivity index (χ4n) is 1.93. The molecule has 22 heavy (non-hydrogen) atoms. The van der Waals surface area contributed by atoms with E-state index in [0.29, 0.717) is 23.3 Å². The molecule has 2 aromatic heterocycles. The van der Waals surface area contributed by atoms with Gasteiger partial charge in [-0.2, -0.15) is 5.26 Å². The summed E-state index contributed by atoms with van der Waals surface area (Å²) in [5, 5.41) is 17.3. The number of benzene rings is 1. The summed E-state index contributed by atoms with van der Waals surface area (Å²) in [7, 11) is 0. The van der Waals surface area contributed by atoms with Gasteiger partial charge in [0.2, 0.25) is 0 Å². The van der Waals surface area contributed by atoms with Crippen LogP contribution >= 0.6 is 11.8 Å². The predicted molar refractivity (Wildman–Crippen MR) is 82.1 cm³/mol. The van der Waals surface area contributed by atoms with Gasteiger partial charge in [0, 0.05) is 0 Å². The molecule has 6 heteroatoms. The first-order valence-electron chi connectivity index (χ1n) is 6.74. The molecule has 0 unspecified atom stereocenters. The van der Waals surface area contributed by atoms with Crippen LogP contribution in [0.5, 0.6) is 0 Å². The molecule has 0 N–H and O–H groups in total. The Morgan fingerprint density at radius 1 is 1.23 bits per heavy atom. The maximum atomic E-state index is 9.31. The summed E-state index contributed by atoms with van der Waals surface area (Å²) >= 11 is 1.26. The molecule has 0 saturated carbocycles. The smallest absolute Gasteiger partial charge is 0.284 e. The molecule has 0 aliphatic carbocycles. The van der Waals surface area contributed by atoms with E-state index in [0.717, 1.165) is 5.56 Å². The minimum Gasteiger partial charge on any atom is -0.459 e. The van der Waals surface area contributed by atoms with Crippen molar-refractivity contribution in [3.8, 4) is 17.7 Å². The van der Waals surface area contributed by atoms with Crippen LogP contribution in [0.4, 0.5) is 0 Å². The average molecular weight is 311 g/mol. The molecule has 0 saturated heterocycles. The zero-order chi connectivity index (χ0) is 15.4. The van der Waals surface area contributed by atoms with E-state index < -0.39 is 0 Å². The summed E-state index contributed by atoms with van der Waals surface area (Å²) in [6.45, 7) is 2.04. The van der Waals surface area contributed by atoms with Gasteiger partial charge in [-0.15, -0.1) is 10.2 Å². The standard InChI is InChI=1S/C16H13N3O2S/c1-11-4-6-12(7-5-11)9-13(10-17)22-16-19-18-15(21-16)14-3-2-8-20-14/h2-8,13H,9H2,1H3/t13-/m1/s1. The average Bonchev–Trinajstić information content (AvgIpc) is 3.19. The molecule has 2 heterocycles. The van der Waals surface area contributed by atoms with Gasteiger partial charge in [0.15, 0.2) is 5.76 Å². The summed E-state index contributed by atoms with van der Waals surface area (Å²) in [4.78, 5) is 0. The zero-order valence-corrected chi connectivity index (χ0v) is 12.7. The third-order valence-corrected chi connectivity index (χ3v) is 3.99. The second-order valence-electron chi connectivity index (χ2n) is 4.78. The Hall–Kier alpha value is -2.52. The predicted octanol–water partition coefficient (Wildman–Crippen LogP) is 3.87. The van der Waals surface area contributed by atoms with Crippen molar-refractivity contribution in [3.05, 3.63) is 53.8 Å². The van der Waals surface area contributed by atoms with Crippen LogP contribution in [0.3, 0.4) is 0 Å². The lowest BCUT2D eigenvalue weighted by atomic mass is 10.1. The Morgan fingerprint density at radius 3 is 2.73 bits per heavy atom. The Balaban J connectivity index is 1.68. The van der Waals surface area contributed by atoms with Crippen LogP contribution in [0, 0.1) is 18.3 Å². The lowest BCUT2D eigenvalue weighted by Crippen LogP contribution is -2.03. The van der Waals surface area contributed by atoms with Crippen LogP contribution in [0.15, 0.2) is 56.7 Å². The number of hydrogen-bond acceptors (Lipinski definition) is 6. The summed E-state index contributed by atoms with van der Waals surface area (Å²) in [6, 6.07) is 13.9. The van der Waals surface area contributed by atoms with Crippen molar-refractivity contribution < 1.29 is 8.83 Å². The Bertz CT molecular complexity index is 773. The van der Waals surface area contributed by atoms with Crippen LogP contribution in [0.25, 0.3) is 11.7 Å². The summed E-state index contributed by atoms with van der Waals surface area (Å²) < 4.78 is 10.7. The molecule has 0 spiro atoms. The van der Waals surface area contributed by atoms with E-state index in [1.807, 2.05) is 31.2 Å². The first kappa shape index (κ1) is 14.4. The zero-order valence-electron chi connectivity index (χ0n) is 11.9. The largest absolute Gasteiger partial charge is 0.459 e. The van der Waals surface area contributed by atoms with Crippen molar-refractivity contribution in [2.45, 2.75) is 23.8 Å². The number of thioether (sulfide) groups is 1. The van der Waals surface area contributed by atoms with Crippen molar-refractivity contribution in [1.29, 1.82) is 5.26 Å². The number of rotatable bonds is 5. The second kappa shape index (κ2) is 6.50. The first-order chi connectivity index (χ1) is 10.7. The quantitative estimate of drug-likeness (QED) is 0.666. The lowest BCUT2D eigenvalue weighted by molar-refractivity contribution is 0.447. The first-order valence-corrected chi connectivity index (χ1v) is 7.62. The van der Waals surface area contributed by atoms with Gasteiger partial charge in [0.05, 0.1) is 12.3 Å². The van der Waals surface area contributed by atoms with Crippen LogP contribution in [-0.2, 0) is 6.42 Å². The fraction of sp³-hybridized carbons (Fsp3) is 0.188. The number of hydrogen-bond donors (Lipinski definition) is 0. The Labute approximate surface area is 132 Å². The SMILES string of the molecule is Cc1ccc(C[C@H](C#N)Sc2nnc(-c3ccco3)o2)cc1. The van der Waals surface area contributed by atoms with Crippen molar-refractivity contribution in [3.63, 3.8) is 0 Å². The Kier molecular flexibility index (Phi) is 4.26. The van der Waals surface area contributed by atoms with E-state index in [4.69, 9.17) is 8.83 Å². The fourth-order valence-corrected chi connectivity index (χ4v) is 2.72. The molecule has 0 amide bonds. The molecule has 0 aliphatic rings. The molecular formula is C16H13N3O2S. The van der Waals surface area contributed by atoms with Crippen LogP contribution in [0.2, 0.25) is 0 Å². The number of nitrogens with zero attached hydrogens (tertiary/aromatic N) is 3. The highest BCUT2D eigenvalue weighted by Crippen LogP contribution is 2.27. The second-order valence-corrected chi connectivity index (χ2v) is 5.93. The molecule has 110 valence electrons. The topological polar surface area (TPSA) is 75.8 Å². The normalized spacial score (nSPS) is 12.0. The van der Waals surface area contributed by atoms with Crippen molar-refractivity contribution in [1.82, 2.24) is 10.2 Å². The molecule has 0 radical (unpaired) electrons. The van der Waals surface area contributed by atoms with Crippen molar-refractivity contribution in [2.75, 3.05) is 0 Å². The van der Waals surface area contributed by atoms with Crippen LogP contribution in [-0.4, -0.2) is 15.4 Å². The summed E-state index contributed by atoms with van der Waals surface area (Å²) in [5.41, 5.74) is 2.31. The molecule has 3 aromatic rings. The van der Waals surface area contributed by atoms with Gasteiger partial charge in [0.25, 0.3) is 11.1 Å². The van der Waals surface area contributed by atoms with E-state index in [2.05, 4.69) is 16.3 Å². The van der Waals surface area contributed by atoms with Gasteiger partial charge in [-0.25, -0.2) is 0 Å². The molecule has 1 aromatic carbocycles. The molecule has 0 fully saturated rings. The van der Waals surface area contributed by atoms with Gasteiger partial charge in [-0.3, -0.25) is 0 Å². The van der Waals surface area contributed by atoms with Crippen LogP contribution < -0.4 is 0 Å². The van der Waals surface area contributed by atoms with Gasteiger partial charge < -0.3 is 8.83 Å². The number of aryl methyl sites for hydroxylation is 1. The van der Waals surface area contributed by atoms with Gasteiger partial charge in [0.1, 0.15) is 5.25 Å². The van der Waals surface area contributed by atoms with Gasteiger partial charge in [-0.1, -0.05) is 29.8 Å². The number of nitriles is 1. The minimum absolute atomic E-state index is 0.285. The molecule has 3 rings (SSSR count). The highest BCUT2D eigenvalue weighted by molar-refractivity contribution is 7.99. The lowest BCUT2D eigenvalue weighted by Gasteiger charge is -2.06. The maximum absolute atomic E-state index is 9.31. The van der Waals surface area contributed by atoms with E-state index in [9.17, 15) is 5.26 Å². The molecular weight excluding hydrogens is 298 g/mol. The number of aromatic nitrogens is 2.